The smallest absolute Gasteiger partial charge is 0.311 e. The van der Waals surface area contributed by atoms with Gasteiger partial charge in [-0.05, 0) is 31.9 Å². The molecule has 0 atom stereocenters. The fourth-order valence-electron chi connectivity index (χ4n) is 2.90. The third-order valence-corrected chi connectivity index (χ3v) is 4.29. The summed E-state index contributed by atoms with van der Waals surface area (Å²) >= 11 is 0. The van der Waals surface area contributed by atoms with Gasteiger partial charge < -0.3 is 15.2 Å². The molecule has 0 spiro atoms. The molecule has 2 N–H and O–H groups in total. The third kappa shape index (κ3) is 3.37. The van der Waals surface area contributed by atoms with Crippen molar-refractivity contribution in [2.24, 2.45) is 5.41 Å². The highest BCUT2D eigenvalue weighted by Gasteiger charge is 2.39. The van der Waals surface area contributed by atoms with Gasteiger partial charge in [0.25, 0.3) is 5.91 Å². The van der Waals surface area contributed by atoms with Crippen LogP contribution in [0.4, 0.5) is 0 Å². The largest absolute Gasteiger partial charge is 0.481 e. The van der Waals surface area contributed by atoms with Crippen LogP contribution in [0.5, 0.6) is 5.88 Å². The Morgan fingerprint density at radius 1 is 1.32 bits per heavy atom. The van der Waals surface area contributed by atoms with Gasteiger partial charge in [-0.1, -0.05) is 19.3 Å². The number of carboxylic acids is 1. The van der Waals surface area contributed by atoms with Crippen molar-refractivity contribution in [3.63, 3.8) is 0 Å². The molecule has 22 heavy (non-hydrogen) atoms. The minimum atomic E-state index is -0.848. The molecule has 1 heterocycles. The fraction of sp³-hybridized carbons (Fsp3) is 0.562. The monoisotopic (exact) mass is 306 g/mol. The molecular formula is C16H22N2O4. The van der Waals surface area contributed by atoms with Gasteiger partial charge in [-0.3, -0.25) is 9.59 Å². The first-order valence-corrected chi connectivity index (χ1v) is 7.52. The lowest BCUT2D eigenvalue weighted by atomic mass is 9.74. The van der Waals surface area contributed by atoms with Gasteiger partial charge in [0, 0.05) is 12.2 Å². The first-order valence-electron chi connectivity index (χ1n) is 7.52. The minimum absolute atomic E-state index is 0.137. The molecule has 6 heteroatoms. The Bertz CT molecular complexity index is 565. The molecule has 1 saturated carbocycles. The summed E-state index contributed by atoms with van der Waals surface area (Å²) in [5.41, 5.74) is 0.228. The molecule has 2 rings (SSSR count). The molecule has 0 bridgehead atoms. The third-order valence-electron chi connectivity index (χ3n) is 4.29. The summed E-state index contributed by atoms with van der Waals surface area (Å²) in [6.07, 6.45) is 4.03. The number of pyridine rings is 1. The molecule has 1 aromatic rings. The second-order valence-electron chi connectivity index (χ2n) is 5.84. The number of aliphatic carboxylic acids is 1. The van der Waals surface area contributed by atoms with E-state index in [9.17, 15) is 14.7 Å². The number of nitrogens with one attached hydrogen (secondary N) is 1. The van der Waals surface area contributed by atoms with Crippen LogP contribution < -0.4 is 10.1 Å². The van der Waals surface area contributed by atoms with Gasteiger partial charge >= 0.3 is 5.97 Å². The maximum Gasteiger partial charge on any atom is 0.311 e. The SMILES string of the molecule is COc1nc(C)ccc1C(=O)NCC1(C(=O)O)CCCCC1. The predicted molar refractivity (Wildman–Crippen MR) is 81.0 cm³/mol. The van der Waals surface area contributed by atoms with E-state index in [1.54, 1.807) is 12.1 Å². The normalized spacial score (nSPS) is 16.8. The summed E-state index contributed by atoms with van der Waals surface area (Å²) < 4.78 is 5.12. The van der Waals surface area contributed by atoms with Crippen molar-refractivity contribution in [2.45, 2.75) is 39.0 Å². The maximum absolute atomic E-state index is 12.3. The van der Waals surface area contributed by atoms with E-state index in [0.29, 0.717) is 18.4 Å². The Morgan fingerprint density at radius 3 is 2.59 bits per heavy atom. The molecule has 6 nitrogen and oxygen atoms in total. The van der Waals surface area contributed by atoms with Crippen molar-refractivity contribution in [3.05, 3.63) is 23.4 Å². The van der Waals surface area contributed by atoms with Gasteiger partial charge in [0.2, 0.25) is 5.88 Å². The number of hydrogen-bond acceptors (Lipinski definition) is 4. The summed E-state index contributed by atoms with van der Waals surface area (Å²) in [6.45, 7) is 1.95. The highest BCUT2D eigenvalue weighted by molar-refractivity contribution is 5.96. The Balaban J connectivity index is 2.10. The molecule has 1 aliphatic rings. The number of carbonyl (C=O) groups excluding carboxylic acids is 1. The van der Waals surface area contributed by atoms with Gasteiger partial charge in [-0.15, -0.1) is 0 Å². The van der Waals surface area contributed by atoms with Gasteiger partial charge in [-0.2, -0.15) is 0 Å². The van der Waals surface area contributed by atoms with E-state index in [1.165, 1.54) is 7.11 Å². The lowest BCUT2D eigenvalue weighted by Gasteiger charge is -2.33. The molecule has 1 amide bonds. The maximum atomic E-state index is 12.3. The van der Waals surface area contributed by atoms with E-state index < -0.39 is 11.4 Å². The Hall–Kier alpha value is -2.11. The van der Waals surface area contributed by atoms with E-state index in [0.717, 1.165) is 25.0 Å². The van der Waals surface area contributed by atoms with Gasteiger partial charge in [0.15, 0.2) is 0 Å². The van der Waals surface area contributed by atoms with E-state index in [-0.39, 0.29) is 18.3 Å². The van der Waals surface area contributed by atoms with Crippen molar-refractivity contribution < 1.29 is 19.4 Å². The zero-order chi connectivity index (χ0) is 16.2. The highest BCUT2D eigenvalue weighted by Crippen LogP contribution is 2.36. The summed E-state index contributed by atoms with van der Waals surface area (Å²) in [5.74, 6) is -0.928. The van der Waals surface area contributed by atoms with Crippen molar-refractivity contribution in [1.82, 2.24) is 10.3 Å². The average Bonchev–Trinajstić information content (AvgIpc) is 2.53. The number of rotatable bonds is 5. The van der Waals surface area contributed by atoms with Crippen LogP contribution in [0, 0.1) is 12.3 Å². The minimum Gasteiger partial charge on any atom is -0.481 e. The number of aromatic nitrogens is 1. The van der Waals surface area contributed by atoms with Crippen LogP contribution in [0.25, 0.3) is 0 Å². The number of carbonyl (C=O) groups is 2. The molecular weight excluding hydrogens is 284 g/mol. The molecule has 1 aliphatic carbocycles. The van der Waals surface area contributed by atoms with Gasteiger partial charge in [0.1, 0.15) is 5.56 Å². The number of methoxy groups -OCH3 is 1. The summed E-state index contributed by atoms with van der Waals surface area (Å²) in [4.78, 5) is 28.1. The molecule has 120 valence electrons. The first-order chi connectivity index (χ1) is 10.5. The van der Waals surface area contributed by atoms with Crippen LogP contribution in [-0.2, 0) is 4.79 Å². The Labute approximate surface area is 129 Å². The van der Waals surface area contributed by atoms with Crippen LogP contribution in [-0.4, -0.2) is 35.6 Å². The summed E-state index contributed by atoms with van der Waals surface area (Å²) in [6, 6.07) is 3.37. The number of aryl methyl sites for hydroxylation is 1. The molecule has 1 aromatic heterocycles. The van der Waals surface area contributed by atoms with Crippen LogP contribution in [0.1, 0.15) is 48.2 Å². The lowest BCUT2D eigenvalue weighted by molar-refractivity contribution is -0.150. The van der Waals surface area contributed by atoms with Crippen molar-refractivity contribution in [2.75, 3.05) is 13.7 Å². The number of carboxylic acid groups (broad SMARTS) is 1. The first kappa shape index (κ1) is 16.3. The zero-order valence-electron chi connectivity index (χ0n) is 13.0. The Kier molecular flexibility index (Phi) is 5.00. The van der Waals surface area contributed by atoms with Crippen LogP contribution in [0.2, 0.25) is 0 Å². The van der Waals surface area contributed by atoms with Crippen molar-refractivity contribution in [3.8, 4) is 5.88 Å². The van der Waals surface area contributed by atoms with Crippen molar-refractivity contribution >= 4 is 11.9 Å². The number of amides is 1. The highest BCUT2D eigenvalue weighted by atomic mass is 16.5. The second-order valence-corrected chi connectivity index (χ2v) is 5.84. The van der Waals surface area contributed by atoms with Gasteiger partial charge in [-0.25, -0.2) is 4.98 Å². The molecule has 0 saturated heterocycles. The van der Waals surface area contributed by atoms with Crippen LogP contribution in [0.15, 0.2) is 12.1 Å². The number of ether oxygens (including phenoxy) is 1. The summed E-state index contributed by atoms with van der Waals surface area (Å²) in [5, 5.41) is 12.3. The Morgan fingerprint density at radius 2 is 2.00 bits per heavy atom. The second kappa shape index (κ2) is 6.77. The van der Waals surface area contributed by atoms with Crippen LogP contribution >= 0.6 is 0 Å². The van der Waals surface area contributed by atoms with Crippen LogP contribution in [0.3, 0.4) is 0 Å². The van der Waals surface area contributed by atoms with Gasteiger partial charge in [0.05, 0.1) is 12.5 Å². The summed E-state index contributed by atoms with van der Waals surface area (Å²) in [7, 11) is 1.46. The lowest BCUT2D eigenvalue weighted by Crippen LogP contribution is -2.44. The number of nitrogens with zero attached hydrogens (tertiary/aromatic N) is 1. The standard InChI is InChI=1S/C16H22N2O4/c1-11-6-7-12(14(18-11)22-2)13(19)17-10-16(15(20)21)8-4-3-5-9-16/h6-7H,3-5,8-10H2,1-2H3,(H,17,19)(H,20,21). The average molecular weight is 306 g/mol. The van der Waals surface area contributed by atoms with Crippen molar-refractivity contribution in [1.29, 1.82) is 0 Å². The quantitative estimate of drug-likeness (QED) is 0.870. The number of hydrogen-bond donors (Lipinski definition) is 2. The van der Waals surface area contributed by atoms with E-state index in [2.05, 4.69) is 10.3 Å². The van der Waals surface area contributed by atoms with E-state index >= 15 is 0 Å². The van der Waals surface area contributed by atoms with E-state index in [1.807, 2.05) is 6.92 Å². The topological polar surface area (TPSA) is 88.5 Å². The van der Waals surface area contributed by atoms with E-state index in [4.69, 9.17) is 4.74 Å². The molecule has 0 aliphatic heterocycles. The molecule has 1 fully saturated rings. The molecule has 0 unspecified atom stereocenters. The molecule has 0 radical (unpaired) electrons. The predicted octanol–water partition coefficient (Wildman–Crippen LogP) is 2.16. The molecule has 0 aromatic carbocycles. The fourth-order valence-corrected chi connectivity index (χ4v) is 2.90. The zero-order valence-corrected chi connectivity index (χ0v) is 13.0.